The Labute approximate surface area is 149 Å². The van der Waals surface area contributed by atoms with Crippen molar-refractivity contribution in [2.45, 2.75) is 83.3 Å². The lowest BCUT2D eigenvalue weighted by Gasteiger charge is -2.43. The molecule has 0 spiro atoms. The van der Waals surface area contributed by atoms with Crippen molar-refractivity contribution in [3.8, 4) is 5.75 Å². The van der Waals surface area contributed by atoms with E-state index in [4.69, 9.17) is 9.16 Å². The molecule has 1 aromatic carbocycles. The molecule has 2 atom stereocenters. The third-order valence-electron chi connectivity index (χ3n) is 5.70. The lowest BCUT2D eigenvalue weighted by molar-refractivity contribution is 0.0986. The molecule has 0 aromatic heterocycles. The summed E-state index contributed by atoms with van der Waals surface area (Å²) in [7, 11) is 0.0140. The number of benzene rings is 1. The van der Waals surface area contributed by atoms with E-state index in [9.17, 15) is 0 Å². The van der Waals surface area contributed by atoms with E-state index >= 15 is 0 Å². The lowest BCUT2D eigenvalue weighted by atomic mass is 9.92. The molecule has 3 nitrogen and oxygen atoms in total. The van der Waals surface area contributed by atoms with Crippen LogP contribution in [0.2, 0.25) is 18.1 Å². The second-order valence-electron chi connectivity index (χ2n) is 8.50. The van der Waals surface area contributed by atoms with Crippen molar-refractivity contribution in [2.75, 3.05) is 7.11 Å². The molecule has 0 heterocycles. The Hall–Kier alpha value is -0.843. The minimum Gasteiger partial charge on any atom is -0.496 e. The first-order valence-corrected chi connectivity index (χ1v) is 12.2. The Balaban J connectivity index is 2.02. The number of nitrogens with one attached hydrogen (secondary N) is 1. The molecule has 0 radical (unpaired) electrons. The van der Waals surface area contributed by atoms with Gasteiger partial charge in [-0.1, -0.05) is 51.8 Å². The van der Waals surface area contributed by atoms with Crippen LogP contribution in [-0.2, 0) is 11.0 Å². The standard InChI is InChI=1S/C20H35NO2Si/c1-20(2,3)24(5,6)23-19-14-10-8-12-17(19)21-15-16-11-7-9-13-18(16)22-4/h7,9,11,13,17,19,21H,8,10,12,14-15H2,1-6H3/t17-,19-/m0/s1. The molecule has 1 aromatic rings. The molecule has 1 N–H and O–H groups in total. The average Bonchev–Trinajstić information content (AvgIpc) is 2.53. The van der Waals surface area contributed by atoms with Crippen molar-refractivity contribution in [1.82, 2.24) is 5.32 Å². The predicted molar refractivity (Wildman–Crippen MR) is 104 cm³/mol. The maximum atomic E-state index is 6.75. The molecule has 0 bridgehead atoms. The molecule has 136 valence electrons. The SMILES string of the molecule is COc1ccccc1CN[C@H]1CCCC[C@@H]1O[Si](C)(C)C(C)(C)C. The monoisotopic (exact) mass is 349 g/mol. The molecule has 1 aliphatic carbocycles. The molecular formula is C20H35NO2Si. The van der Waals surface area contributed by atoms with Gasteiger partial charge in [0.2, 0.25) is 0 Å². The summed E-state index contributed by atoms with van der Waals surface area (Å²) in [6.07, 6.45) is 5.30. The van der Waals surface area contributed by atoms with Gasteiger partial charge in [0, 0.05) is 18.2 Å². The number of ether oxygens (including phenoxy) is 1. The van der Waals surface area contributed by atoms with E-state index in [1.807, 2.05) is 12.1 Å². The molecule has 0 amide bonds. The van der Waals surface area contributed by atoms with Crippen molar-refractivity contribution in [3.05, 3.63) is 29.8 Å². The van der Waals surface area contributed by atoms with Crippen LogP contribution in [0.5, 0.6) is 5.75 Å². The summed E-state index contributed by atoms with van der Waals surface area (Å²) in [6.45, 7) is 12.5. The zero-order chi connectivity index (χ0) is 17.8. The zero-order valence-electron chi connectivity index (χ0n) is 16.3. The predicted octanol–water partition coefficient (Wildman–Crippen LogP) is 5.12. The van der Waals surface area contributed by atoms with Crippen molar-refractivity contribution < 1.29 is 9.16 Å². The summed E-state index contributed by atoms with van der Waals surface area (Å²) < 4.78 is 12.2. The smallest absolute Gasteiger partial charge is 0.192 e. The zero-order valence-corrected chi connectivity index (χ0v) is 17.3. The molecule has 2 rings (SSSR count). The second-order valence-corrected chi connectivity index (χ2v) is 13.3. The highest BCUT2D eigenvalue weighted by Gasteiger charge is 2.41. The van der Waals surface area contributed by atoms with Crippen LogP contribution in [0.3, 0.4) is 0 Å². The highest BCUT2D eigenvalue weighted by Crippen LogP contribution is 2.39. The van der Waals surface area contributed by atoms with Gasteiger partial charge in [0.25, 0.3) is 0 Å². The molecule has 1 fully saturated rings. The fourth-order valence-electron chi connectivity index (χ4n) is 3.12. The maximum Gasteiger partial charge on any atom is 0.192 e. The van der Waals surface area contributed by atoms with E-state index < -0.39 is 8.32 Å². The van der Waals surface area contributed by atoms with Crippen LogP contribution in [0.25, 0.3) is 0 Å². The largest absolute Gasteiger partial charge is 0.496 e. The van der Waals surface area contributed by atoms with Crippen LogP contribution >= 0.6 is 0 Å². The van der Waals surface area contributed by atoms with Crippen LogP contribution in [0, 0.1) is 0 Å². The Morgan fingerprint density at radius 3 is 2.46 bits per heavy atom. The maximum absolute atomic E-state index is 6.75. The fraction of sp³-hybridized carbons (Fsp3) is 0.700. The Bertz CT molecular complexity index is 525. The molecule has 0 aliphatic heterocycles. The van der Waals surface area contributed by atoms with Crippen molar-refractivity contribution in [2.24, 2.45) is 0 Å². The van der Waals surface area contributed by atoms with Crippen LogP contribution in [-0.4, -0.2) is 27.6 Å². The van der Waals surface area contributed by atoms with Crippen molar-refractivity contribution in [3.63, 3.8) is 0 Å². The van der Waals surface area contributed by atoms with Crippen molar-refractivity contribution >= 4 is 8.32 Å². The first-order valence-electron chi connectivity index (χ1n) is 9.28. The molecule has 24 heavy (non-hydrogen) atoms. The molecule has 1 aliphatic rings. The molecule has 0 unspecified atom stereocenters. The molecule has 0 saturated heterocycles. The molecule has 1 saturated carbocycles. The summed E-state index contributed by atoms with van der Waals surface area (Å²) in [4.78, 5) is 0. The Morgan fingerprint density at radius 2 is 1.79 bits per heavy atom. The lowest BCUT2D eigenvalue weighted by Crippen LogP contribution is -2.51. The number of rotatable bonds is 6. The van der Waals surface area contributed by atoms with Gasteiger partial charge in [-0.2, -0.15) is 0 Å². The number of methoxy groups -OCH3 is 1. The van der Waals surface area contributed by atoms with E-state index in [0.717, 1.165) is 12.3 Å². The average molecular weight is 350 g/mol. The quantitative estimate of drug-likeness (QED) is 0.723. The van der Waals surface area contributed by atoms with Crippen LogP contribution in [0.4, 0.5) is 0 Å². The van der Waals surface area contributed by atoms with E-state index in [1.54, 1.807) is 7.11 Å². The number of hydrogen-bond acceptors (Lipinski definition) is 3. The second kappa shape index (κ2) is 8.02. The highest BCUT2D eigenvalue weighted by atomic mass is 28.4. The van der Waals surface area contributed by atoms with Crippen LogP contribution < -0.4 is 10.1 Å². The third kappa shape index (κ3) is 4.84. The normalized spacial score (nSPS) is 22.4. The number of hydrogen-bond donors (Lipinski definition) is 1. The fourth-order valence-corrected chi connectivity index (χ4v) is 4.51. The first-order chi connectivity index (χ1) is 11.2. The van der Waals surface area contributed by atoms with Gasteiger partial charge in [-0.05, 0) is 37.0 Å². The highest BCUT2D eigenvalue weighted by molar-refractivity contribution is 6.74. The topological polar surface area (TPSA) is 30.5 Å². The van der Waals surface area contributed by atoms with Gasteiger partial charge < -0.3 is 14.5 Å². The van der Waals surface area contributed by atoms with Crippen molar-refractivity contribution in [1.29, 1.82) is 0 Å². The first kappa shape index (κ1) is 19.5. The van der Waals surface area contributed by atoms with E-state index in [0.29, 0.717) is 12.1 Å². The van der Waals surface area contributed by atoms with E-state index in [2.05, 4.69) is 51.3 Å². The minimum absolute atomic E-state index is 0.262. The summed E-state index contributed by atoms with van der Waals surface area (Å²) in [5, 5.41) is 4.02. The van der Waals surface area contributed by atoms with Gasteiger partial charge in [0.15, 0.2) is 8.32 Å². The number of para-hydroxylation sites is 1. The summed E-state index contributed by atoms with van der Waals surface area (Å²) >= 11 is 0. The van der Waals surface area contributed by atoms with Gasteiger partial charge in [0.1, 0.15) is 5.75 Å². The summed E-state index contributed by atoms with van der Waals surface area (Å²) in [5.41, 5.74) is 1.22. The Morgan fingerprint density at radius 1 is 1.12 bits per heavy atom. The van der Waals surface area contributed by atoms with Crippen LogP contribution in [0.15, 0.2) is 24.3 Å². The Kier molecular flexibility index (Phi) is 6.51. The summed E-state index contributed by atoms with van der Waals surface area (Å²) in [6, 6.07) is 8.70. The van der Waals surface area contributed by atoms with Gasteiger partial charge in [-0.25, -0.2) is 0 Å². The molecule has 4 heteroatoms. The third-order valence-corrected chi connectivity index (χ3v) is 10.2. The van der Waals surface area contributed by atoms with Gasteiger partial charge >= 0.3 is 0 Å². The summed E-state index contributed by atoms with van der Waals surface area (Å²) in [5.74, 6) is 0.961. The van der Waals surface area contributed by atoms with Crippen LogP contribution in [0.1, 0.15) is 52.0 Å². The molecular weight excluding hydrogens is 314 g/mol. The van der Waals surface area contributed by atoms with E-state index in [-0.39, 0.29) is 5.04 Å². The van der Waals surface area contributed by atoms with Gasteiger partial charge in [-0.3, -0.25) is 0 Å². The van der Waals surface area contributed by atoms with Gasteiger partial charge in [-0.15, -0.1) is 0 Å². The minimum atomic E-state index is -1.72. The van der Waals surface area contributed by atoms with E-state index in [1.165, 1.54) is 31.2 Å². The van der Waals surface area contributed by atoms with Gasteiger partial charge in [0.05, 0.1) is 13.2 Å².